The molecule has 7 nitrogen and oxygen atoms in total. The second kappa shape index (κ2) is 15.2. The van der Waals surface area contributed by atoms with Crippen LogP contribution in [0.5, 0.6) is 0 Å². The number of ketones is 1. The number of hydrogen-bond donors (Lipinski definition) is 0. The SMILES string of the molecule is COC(CCC[C@@H](OC(C)=O)C(=O)[C@@H](CCCC(CC(F)(F)F)OC)OC(C)=O)CC(F)(F)F. The lowest BCUT2D eigenvalue weighted by molar-refractivity contribution is -0.164. The molecule has 2 unspecified atom stereocenters. The van der Waals surface area contributed by atoms with E-state index in [1.54, 1.807) is 0 Å². The minimum atomic E-state index is -4.45. The minimum Gasteiger partial charge on any atom is -0.454 e. The van der Waals surface area contributed by atoms with Crippen LogP contribution in [0.25, 0.3) is 0 Å². The van der Waals surface area contributed by atoms with Crippen molar-refractivity contribution >= 4 is 17.7 Å². The van der Waals surface area contributed by atoms with Gasteiger partial charge in [0.25, 0.3) is 0 Å². The van der Waals surface area contributed by atoms with E-state index in [-0.39, 0.29) is 38.5 Å². The second-order valence-corrected chi connectivity index (χ2v) is 7.81. The van der Waals surface area contributed by atoms with Gasteiger partial charge in [0, 0.05) is 28.1 Å². The van der Waals surface area contributed by atoms with E-state index in [9.17, 15) is 40.7 Å². The van der Waals surface area contributed by atoms with E-state index in [1.165, 1.54) is 0 Å². The van der Waals surface area contributed by atoms with Gasteiger partial charge in [0.05, 0.1) is 25.0 Å². The van der Waals surface area contributed by atoms with Gasteiger partial charge in [-0.15, -0.1) is 0 Å². The number of hydrogen-bond acceptors (Lipinski definition) is 7. The van der Waals surface area contributed by atoms with E-state index in [0.29, 0.717) is 0 Å². The summed E-state index contributed by atoms with van der Waals surface area (Å²) in [6, 6.07) is 0. The summed E-state index contributed by atoms with van der Waals surface area (Å²) in [6.45, 7) is 2.06. The average Bonchev–Trinajstić information content (AvgIpc) is 2.67. The van der Waals surface area contributed by atoms with Crippen LogP contribution in [-0.4, -0.2) is 68.7 Å². The highest BCUT2D eigenvalue weighted by molar-refractivity contribution is 5.90. The van der Waals surface area contributed by atoms with Crippen LogP contribution in [-0.2, 0) is 33.3 Å². The summed E-state index contributed by atoms with van der Waals surface area (Å²) in [5.41, 5.74) is 0. The fraction of sp³-hybridized carbons (Fsp3) is 0.857. The number of halogens is 6. The molecule has 0 aromatic rings. The molecule has 0 aliphatic rings. The summed E-state index contributed by atoms with van der Waals surface area (Å²) in [4.78, 5) is 35.8. The lowest BCUT2D eigenvalue weighted by Crippen LogP contribution is -2.38. The molecule has 0 rings (SSSR count). The molecule has 34 heavy (non-hydrogen) atoms. The molecule has 0 spiro atoms. The zero-order valence-electron chi connectivity index (χ0n) is 19.6. The lowest BCUT2D eigenvalue weighted by Gasteiger charge is -2.24. The third-order valence-electron chi connectivity index (χ3n) is 4.82. The zero-order valence-corrected chi connectivity index (χ0v) is 19.6. The monoisotopic (exact) mass is 510 g/mol. The van der Waals surface area contributed by atoms with E-state index in [4.69, 9.17) is 18.9 Å². The van der Waals surface area contributed by atoms with Crippen molar-refractivity contribution in [2.24, 2.45) is 0 Å². The first-order chi connectivity index (χ1) is 15.6. The largest absolute Gasteiger partial charge is 0.454 e. The van der Waals surface area contributed by atoms with Crippen molar-refractivity contribution < 1.29 is 59.7 Å². The van der Waals surface area contributed by atoms with Crippen LogP contribution in [0.3, 0.4) is 0 Å². The van der Waals surface area contributed by atoms with E-state index in [1.807, 2.05) is 0 Å². The van der Waals surface area contributed by atoms with E-state index < -0.39 is 67.3 Å². The summed E-state index contributed by atoms with van der Waals surface area (Å²) in [7, 11) is 2.24. The van der Waals surface area contributed by atoms with Crippen molar-refractivity contribution in [1.29, 1.82) is 0 Å². The predicted molar refractivity (Wildman–Crippen MR) is 107 cm³/mol. The summed E-state index contributed by atoms with van der Waals surface area (Å²) in [5, 5.41) is 0. The molecule has 0 N–H and O–H groups in total. The highest BCUT2D eigenvalue weighted by atomic mass is 19.4. The fourth-order valence-corrected chi connectivity index (χ4v) is 3.31. The van der Waals surface area contributed by atoms with Gasteiger partial charge in [-0.25, -0.2) is 0 Å². The Bertz CT molecular complexity index is 584. The number of esters is 2. The Hall–Kier alpha value is -1.89. The topological polar surface area (TPSA) is 88.1 Å². The molecule has 0 saturated carbocycles. The van der Waals surface area contributed by atoms with Crippen molar-refractivity contribution in [2.45, 2.75) is 102 Å². The second-order valence-electron chi connectivity index (χ2n) is 7.81. The Morgan fingerprint density at radius 3 is 1.21 bits per heavy atom. The maximum absolute atomic E-state index is 12.9. The molecule has 0 saturated heterocycles. The first-order valence-corrected chi connectivity index (χ1v) is 10.6. The summed E-state index contributed by atoms with van der Waals surface area (Å²) in [5.74, 6) is -2.47. The van der Waals surface area contributed by atoms with Crippen LogP contribution < -0.4 is 0 Å². The van der Waals surface area contributed by atoms with Crippen molar-refractivity contribution in [3.8, 4) is 0 Å². The molecule has 0 bridgehead atoms. The molecule has 4 atom stereocenters. The Morgan fingerprint density at radius 2 is 0.971 bits per heavy atom. The molecule has 200 valence electrons. The predicted octanol–water partition coefficient (Wildman–Crippen LogP) is 4.69. The van der Waals surface area contributed by atoms with Gasteiger partial charge >= 0.3 is 24.3 Å². The maximum Gasteiger partial charge on any atom is 0.391 e. The number of Topliss-reactive ketones (excluding diaryl/α,β-unsaturated/α-hetero) is 1. The molecule has 0 heterocycles. The van der Waals surface area contributed by atoms with E-state index in [0.717, 1.165) is 28.1 Å². The number of rotatable bonds is 16. The van der Waals surface area contributed by atoms with Gasteiger partial charge in [-0.1, -0.05) is 0 Å². The average molecular weight is 510 g/mol. The van der Waals surface area contributed by atoms with E-state index in [2.05, 4.69) is 0 Å². The Kier molecular flexibility index (Phi) is 14.3. The molecular formula is C21H32F6O7. The van der Waals surface area contributed by atoms with Crippen LogP contribution in [0, 0.1) is 0 Å². The zero-order chi connectivity index (χ0) is 26.5. The Morgan fingerprint density at radius 1 is 0.647 bits per heavy atom. The quantitative estimate of drug-likeness (QED) is 0.220. The lowest BCUT2D eigenvalue weighted by atomic mass is 9.97. The first kappa shape index (κ1) is 32.1. The van der Waals surface area contributed by atoms with Gasteiger partial charge in [-0.05, 0) is 38.5 Å². The smallest absolute Gasteiger partial charge is 0.391 e. The van der Waals surface area contributed by atoms with Gasteiger partial charge in [0.1, 0.15) is 0 Å². The number of carbonyl (C=O) groups excluding carboxylic acids is 3. The van der Waals surface area contributed by atoms with Gasteiger partial charge in [-0.3, -0.25) is 14.4 Å². The molecule has 0 aliphatic heterocycles. The third kappa shape index (κ3) is 15.9. The normalized spacial score (nSPS) is 15.8. The summed E-state index contributed by atoms with van der Waals surface area (Å²) < 4.78 is 95.0. The van der Waals surface area contributed by atoms with Crippen LogP contribution in [0.4, 0.5) is 26.3 Å². The van der Waals surface area contributed by atoms with Gasteiger partial charge in [0.15, 0.2) is 12.2 Å². The molecule has 0 aliphatic carbocycles. The maximum atomic E-state index is 12.9. The van der Waals surface area contributed by atoms with Crippen LogP contribution in [0.2, 0.25) is 0 Å². The molecular weight excluding hydrogens is 478 g/mol. The minimum absolute atomic E-state index is 0.0302. The van der Waals surface area contributed by atoms with Crippen LogP contribution in [0.15, 0.2) is 0 Å². The van der Waals surface area contributed by atoms with Crippen LogP contribution >= 0.6 is 0 Å². The molecule has 0 fully saturated rings. The van der Waals surface area contributed by atoms with Crippen molar-refractivity contribution in [1.82, 2.24) is 0 Å². The van der Waals surface area contributed by atoms with E-state index >= 15 is 0 Å². The number of alkyl halides is 6. The number of carbonyl (C=O) groups is 3. The van der Waals surface area contributed by atoms with Crippen molar-refractivity contribution in [3.63, 3.8) is 0 Å². The third-order valence-corrected chi connectivity index (χ3v) is 4.82. The highest BCUT2D eigenvalue weighted by Gasteiger charge is 2.35. The summed E-state index contributed by atoms with van der Waals surface area (Å²) in [6.07, 6.45) is -16.8. The molecule has 0 aromatic carbocycles. The molecule has 0 amide bonds. The first-order valence-electron chi connectivity index (χ1n) is 10.6. The Labute approximate surface area is 194 Å². The van der Waals surface area contributed by atoms with Crippen molar-refractivity contribution in [3.05, 3.63) is 0 Å². The fourth-order valence-electron chi connectivity index (χ4n) is 3.31. The molecule has 13 heteroatoms. The van der Waals surface area contributed by atoms with Gasteiger partial charge in [-0.2, -0.15) is 26.3 Å². The van der Waals surface area contributed by atoms with Gasteiger partial charge < -0.3 is 18.9 Å². The molecule has 0 radical (unpaired) electrons. The molecule has 0 aromatic heterocycles. The summed E-state index contributed by atoms with van der Waals surface area (Å²) >= 11 is 0. The highest BCUT2D eigenvalue weighted by Crippen LogP contribution is 2.27. The van der Waals surface area contributed by atoms with Crippen molar-refractivity contribution in [2.75, 3.05) is 14.2 Å². The number of methoxy groups -OCH3 is 2. The van der Waals surface area contributed by atoms with Gasteiger partial charge in [0.2, 0.25) is 5.78 Å². The standard InChI is InChI=1S/C21H32F6O7/c1-13(28)33-17(9-5-7-15(31-3)11-20(22,23)24)19(30)18(34-14(2)29)10-6-8-16(32-4)12-21(25,26)27/h15-18H,5-12H2,1-4H3/t15?,16?,17-,18-/m1/s1. The van der Waals surface area contributed by atoms with Crippen LogP contribution in [0.1, 0.15) is 65.2 Å². The Balaban J connectivity index is 5.16. The number of ether oxygens (including phenoxy) is 4.